The van der Waals surface area contributed by atoms with Gasteiger partial charge in [0.2, 0.25) is 0 Å². The van der Waals surface area contributed by atoms with Crippen molar-refractivity contribution in [3.63, 3.8) is 0 Å². The van der Waals surface area contributed by atoms with Crippen LogP contribution in [0.3, 0.4) is 0 Å². The summed E-state index contributed by atoms with van der Waals surface area (Å²) < 4.78 is 6.91. The van der Waals surface area contributed by atoms with Gasteiger partial charge in [0.15, 0.2) is 11.6 Å². The summed E-state index contributed by atoms with van der Waals surface area (Å²) >= 11 is 0. The zero-order valence-electron chi connectivity index (χ0n) is 16.8. The SMILES string of the molecule is CN=C(NCCNc1ncnc2c1cnn2C)NCCc1ccc(OC)cc1.I. The summed E-state index contributed by atoms with van der Waals surface area (Å²) in [5.74, 6) is 2.42. The maximum atomic E-state index is 5.18. The number of fused-ring (bicyclic) bond motifs is 1. The maximum Gasteiger partial charge on any atom is 0.191 e. The molecule has 3 aromatic rings. The zero-order valence-corrected chi connectivity index (χ0v) is 19.2. The highest BCUT2D eigenvalue weighted by Crippen LogP contribution is 2.17. The highest BCUT2D eigenvalue weighted by atomic mass is 127. The summed E-state index contributed by atoms with van der Waals surface area (Å²) in [6, 6.07) is 8.09. The monoisotopic (exact) mass is 510 g/mol. The van der Waals surface area contributed by atoms with Crippen LogP contribution in [-0.2, 0) is 13.5 Å². The van der Waals surface area contributed by atoms with Gasteiger partial charge in [-0.25, -0.2) is 9.97 Å². The molecule has 3 N–H and O–H groups in total. The number of aromatic nitrogens is 4. The fourth-order valence-corrected chi connectivity index (χ4v) is 2.80. The van der Waals surface area contributed by atoms with Crippen molar-refractivity contribution in [3.8, 4) is 5.75 Å². The maximum absolute atomic E-state index is 5.18. The molecule has 3 rings (SSSR count). The third kappa shape index (κ3) is 6.17. The molecule has 0 bridgehead atoms. The van der Waals surface area contributed by atoms with Crippen molar-refractivity contribution in [3.05, 3.63) is 42.4 Å². The van der Waals surface area contributed by atoms with Crippen molar-refractivity contribution in [1.29, 1.82) is 0 Å². The molecule has 10 heteroatoms. The molecule has 0 aliphatic carbocycles. The van der Waals surface area contributed by atoms with Gasteiger partial charge in [-0.3, -0.25) is 9.67 Å². The van der Waals surface area contributed by atoms with Crippen molar-refractivity contribution >= 4 is 46.8 Å². The average Bonchev–Trinajstić information content (AvgIpc) is 3.12. The molecule has 1 aromatic carbocycles. The van der Waals surface area contributed by atoms with Crippen LogP contribution in [0.4, 0.5) is 5.82 Å². The molecule has 0 aliphatic rings. The summed E-state index contributed by atoms with van der Waals surface area (Å²) in [6.45, 7) is 2.19. The van der Waals surface area contributed by atoms with Crippen LogP contribution in [0.1, 0.15) is 5.56 Å². The van der Waals surface area contributed by atoms with Gasteiger partial charge < -0.3 is 20.7 Å². The van der Waals surface area contributed by atoms with Gasteiger partial charge in [-0.05, 0) is 24.1 Å². The third-order valence-electron chi connectivity index (χ3n) is 4.33. The first kappa shape index (κ1) is 22.7. The van der Waals surface area contributed by atoms with Crippen LogP contribution >= 0.6 is 24.0 Å². The second-order valence-corrected chi connectivity index (χ2v) is 6.18. The van der Waals surface area contributed by atoms with Crippen LogP contribution in [0, 0.1) is 0 Å². The lowest BCUT2D eigenvalue weighted by atomic mass is 10.1. The van der Waals surface area contributed by atoms with Gasteiger partial charge in [0, 0.05) is 33.7 Å². The van der Waals surface area contributed by atoms with Gasteiger partial charge in [0.1, 0.15) is 17.9 Å². The standard InChI is InChI=1S/C19H26N8O.HI/c1-20-19(22-9-8-14-4-6-15(28-3)7-5-14)23-11-10-21-17-16-12-26-27(2)18(16)25-13-24-17;/h4-7,12-13H,8-11H2,1-3H3,(H2,20,22,23)(H,21,24,25);1H. The first-order valence-electron chi connectivity index (χ1n) is 9.15. The van der Waals surface area contributed by atoms with Gasteiger partial charge in [0.05, 0.1) is 18.7 Å². The molecule has 0 amide bonds. The van der Waals surface area contributed by atoms with Gasteiger partial charge >= 0.3 is 0 Å². The number of aryl methyl sites for hydroxylation is 1. The molecule has 2 heterocycles. The number of guanidine groups is 1. The Hall–Kier alpha value is -2.63. The summed E-state index contributed by atoms with van der Waals surface area (Å²) in [6.07, 6.45) is 4.22. The smallest absolute Gasteiger partial charge is 0.191 e. The number of ether oxygens (including phenoxy) is 1. The lowest BCUT2D eigenvalue weighted by Crippen LogP contribution is -2.40. The van der Waals surface area contributed by atoms with Crippen LogP contribution in [0.25, 0.3) is 11.0 Å². The number of halogens is 1. The first-order chi connectivity index (χ1) is 13.7. The Labute approximate surface area is 187 Å². The van der Waals surface area contributed by atoms with Gasteiger partial charge in [0.25, 0.3) is 0 Å². The second kappa shape index (κ2) is 11.4. The molecule has 0 atom stereocenters. The Morgan fingerprint density at radius 3 is 2.59 bits per heavy atom. The molecule has 0 saturated carbocycles. The molecule has 0 saturated heterocycles. The van der Waals surface area contributed by atoms with E-state index in [0.717, 1.165) is 41.5 Å². The Morgan fingerprint density at radius 1 is 1.10 bits per heavy atom. The molecule has 29 heavy (non-hydrogen) atoms. The number of nitrogens with one attached hydrogen (secondary N) is 3. The number of hydrogen-bond donors (Lipinski definition) is 3. The summed E-state index contributed by atoms with van der Waals surface area (Å²) in [7, 11) is 5.30. The Balaban J connectivity index is 0.00000300. The topological polar surface area (TPSA) is 101 Å². The van der Waals surface area contributed by atoms with E-state index in [4.69, 9.17) is 4.74 Å². The quantitative estimate of drug-likeness (QED) is 0.184. The summed E-state index contributed by atoms with van der Waals surface area (Å²) in [5.41, 5.74) is 2.05. The lowest BCUT2D eigenvalue weighted by Gasteiger charge is -2.13. The minimum absolute atomic E-state index is 0. The predicted molar refractivity (Wildman–Crippen MR) is 126 cm³/mol. The highest BCUT2D eigenvalue weighted by molar-refractivity contribution is 14.0. The van der Waals surface area contributed by atoms with Crippen LogP contribution in [0.15, 0.2) is 41.8 Å². The summed E-state index contributed by atoms with van der Waals surface area (Å²) in [4.78, 5) is 12.8. The fourth-order valence-electron chi connectivity index (χ4n) is 2.80. The van der Waals surface area contributed by atoms with E-state index in [0.29, 0.717) is 13.1 Å². The third-order valence-corrected chi connectivity index (χ3v) is 4.33. The van der Waals surface area contributed by atoms with Crippen LogP contribution < -0.4 is 20.7 Å². The zero-order chi connectivity index (χ0) is 19.8. The molecule has 0 unspecified atom stereocenters. The number of rotatable bonds is 8. The second-order valence-electron chi connectivity index (χ2n) is 6.18. The lowest BCUT2D eigenvalue weighted by molar-refractivity contribution is 0.414. The Bertz CT molecular complexity index is 926. The molecule has 9 nitrogen and oxygen atoms in total. The fraction of sp³-hybridized carbons (Fsp3) is 0.368. The van der Waals surface area contributed by atoms with E-state index in [1.54, 1.807) is 31.4 Å². The molecular weight excluding hydrogens is 483 g/mol. The molecular formula is C19H27IN8O. The Morgan fingerprint density at radius 2 is 1.86 bits per heavy atom. The largest absolute Gasteiger partial charge is 0.497 e. The number of benzene rings is 1. The average molecular weight is 510 g/mol. The minimum atomic E-state index is 0. The normalized spacial score (nSPS) is 11.1. The minimum Gasteiger partial charge on any atom is -0.497 e. The van der Waals surface area contributed by atoms with Gasteiger partial charge in [-0.2, -0.15) is 5.10 Å². The van der Waals surface area contributed by atoms with Crippen LogP contribution in [-0.4, -0.2) is 59.5 Å². The molecule has 0 aliphatic heterocycles. The summed E-state index contributed by atoms with van der Waals surface area (Å²) in [5, 5.41) is 15.0. The number of hydrogen-bond acceptors (Lipinski definition) is 6. The van der Waals surface area contributed by atoms with E-state index >= 15 is 0 Å². The molecule has 0 radical (unpaired) electrons. The van der Waals surface area contributed by atoms with Crippen molar-refractivity contribution in [2.24, 2.45) is 12.0 Å². The molecule has 0 spiro atoms. The predicted octanol–water partition coefficient (Wildman–Crippen LogP) is 1.81. The van der Waals surface area contributed by atoms with E-state index in [1.807, 2.05) is 19.2 Å². The van der Waals surface area contributed by atoms with E-state index in [1.165, 1.54) is 5.56 Å². The van der Waals surface area contributed by atoms with E-state index in [2.05, 4.69) is 48.1 Å². The Kier molecular flexibility index (Phi) is 8.90. The van der Waals surface area contributed by atoms with Crippen molar-refractivity contribution in [2.45, 2.75) is 6.42 Å². The van der Waals surface area contributed by atoms with Crippen molar-refractivity contribution in [2.75, 3.05) is 39.1 Å². The number of aliphatic imine (C=N–C) groups is 1. The first-order valence-corrected chi connectivity index (χ1v) is 9.15. The highest BCUT2D eigenvalue weighted by Gasteiger charge is 2.07. The number of methoxy groups -OCH3 is 1. The van der Waals surface area contributed by atoms with E-state index in [9.17, 15) is 0 Å². The number of anilines is 1. The molecule has 0 fully saturated rings. The molecule has 156 valence electrons. The van der Waals surface area contributed by atoms with E-state index in [-0.39, 0.29) is 24.0 Å². The van der Waals surface area contributed by atoms with Gasteiger partial charge in [-0.15, -0.1) is 24.0 Å². The number of nitrogens with zero attached hydrogens (tertiary/aromatic N) is 5. The van der Waals surface area contributed by atoms with Crippen LogP contribution in [0.2, 0.25) is 0 Å². The van der Waals surface area contributed by atoms with Crippen molar-refractivity contribution < 1.29 is 4.74 Å². The van der Waals surface area contributed by atoms with Crippen molar-refractivity contribution in [1.82, 2.24) is 30.4 Å². The van der Waals surface area contributed by atoms with Crippen LogP contribution in [0.5, 0.6) is 5.75 Å². The molecule has 2 aromatic heterocycles. The van der Waals surface area contributed by atoms with Gasteiger partial charge in [-0.1, -0.05) is 12.1 Å². The van der Waals surface area contributed by atoms with E-state index < -0.39 is 0 Å².